The van der Waals surface area contributed by atoms with E-state index in [1.54, 1.807) is 53.6 Å². The van der Waals surface area contributed by atoms with Crippen molar-refractivity contribution in [3.8, 4) is 11.3 Å². The lowest BCUT2D eigenvalue weighted by Gasteiger charge is -2.28. The number of halogens is 2. The van der Waals surface area contributed by atoms with Crippen molar-refractivity contribution in [2.45, 2.75) is 13.1 Å². The molecule has 0 bridgehead atoms. The summed E-state index contributed by atoms with van der Waals surface area (Å²) in [6.45, 7) is 2.83. The van der Waals surface area contributed by atoms with Crippen molar-refractivity contribution >= 4 is 23.4 Å². The number of rotatable bonds is 7. The van der Waals surface area contributed by atoms with Gasteiger partial charge in [0.2, 0.25) is 5.88 Å². The lowest BCUT2D eigenvalue weighted by Crippen LogP contribution is -2.37. The molecule has 5 rings (SSSR count). The molecule has 0 N–H and O–H groups in total. The van der Waals surface area contributed by atoms with Crippen LogP contribution in [-0.4, -0.2) is 42.3 Å². The van der Waals surface area contributed by atoms with Gasteiger partial charge in [0, 0.05) is 29.2 Å². The Labute approximate surface area is 206 Å². The first-order valence-corrected chi connectivity index (χ1v) is 11.6. The molecule has 4 aromatic rings. The van der Waals surface area contributed by atoms with Crippen molar-refractivity contribution in [1.29, 1.82) is 0 Å². The monoisotopic (exact) mass is 495 g/mol. The summed E-state index contributed by atoms with van der Waals surface area (Å²) in [5, 5.41) is 4.87. The first-order valence-electron chi connectivity index (χ1n) is 11.2. The summed E-state index contributed by atoms with van der Waals surface area (Å²) in [4.78, 5) is 17.3. The Morgan fingerprint density at radius 2 is 1.77 bits per heavy atom. The summed E-state index contributed by atoms with van der Waals surface area (Å²) >= 11 is 6.03. The standard InChI is InChI=1S/C26H23ClFN3O4/c27-20-7-3-19(4-8-20)25(32)31(16-22-2-1-13-34-22)17-23-24(18-5-9-21(28)10-6-18)29-35-26(23)30-11-14-33-15-12-30/h1-10,13H,11-12,14-17H2. The first-order chi connectivity index (χ1) is 17.1. The number of hydrogen-bond donors (Lipinski definition) is 0. The molecule has 9 heteroatoms. The van der Waals surface area contributed by atoms with Crippen LogP contribution in [0.25, 0.3) is 11.3 Å². The third kappa shape index (κ3) is 5.23. The van der Waals surface area contributed by atoms with Crippen LogP contribution in [-0.2, 0) is 17.8 Å². The highest BCUT2D eigenvalue weighted by atomic mass is 35.5. The van der Waals surface area contributed by atoms with Crippen molar-refractivity contribution < 1.29 is 22.9 Å². The zero-order chi connectivity index (χ0) is 24.2. The maximum absolute atomic E-state index is 13.6. The van der Waals surface area contributed by atoms with Crippen molar-refractivity contribution in [1.82, 2.24) is 10.1 Å². The number of morpholine rings is 1. The van der Waals surface area contributed by atoms with Gasteiger partial charge >= 0.3 is 0 Å². The van der Waals surface area contributed by atoms with Crippen LogP contribution in [0.3, 0.4) is 0 Å². The molecule has 1 aliphatic rings. The second kappa shape index (κ2) is 10.3. The van der Waals surface area contributed by atoms with E-state index in [2.05, 4.69) is 10.1 Å². The van der Waals surface area contributed by atoms with Gasteiger partial charge in [0.05, 0.1) is 38.1 Å². The maximum atomic E-state index is 13.6. The molecule has 0 atom stereocenters. The lowest BCUT2D eigenvalue weighted by molar-refractivity contribution is 0.0717. The number of hydrogen-bond acceptors (Lipinski definition) is 6. The minimum Gasteiger partial charge on any atom is -0.467 e. The molecule has 35 heavy (non-hydrogen) atoms. The molecule has 0 radical (unpaired) electrons. The minimum atomic E-state index is -0.343. The fourth-order valence-corrected chi connectivity index (χ4v) is 4.17. The van der Waals surface area contributed by atoms with E-state index >= 15 is 0 Å². The average Bonchev–Trinajstić information content (AvgIpc) is 3.55. The molecule has 0 unspecified atom stereocenters. The van der Waals surface area contributed by atoms with Gasteiger partial charge in [0.1, 0.15) is 17.3 Å². The highest BCUT2D eigenvalue weighted by Crippen LogP contribution is 2.34. The molecule has 0 spiro atoms. The van der Waals surface area contributed by atoms with Crippen molar-refractivity contribution in [3.05, 3.63) is 94.7 Å². The zero-order valence-electron chi connectivity index (χ0n) is 18.8. The van der Waals surface area contributed by atoms with Gasteiger partial charge in [0.25, 0.3) is 5.91 Å². The number of ether oxygens (including phenoxy) is 1. The molecule has 1 aliphatic heterocycles. The van der Waals surface area contributed by atoms with Crippen LogP contribution in [0.5, 0.6) is 0 Å². The van der Waals surface area contributed by atoms with Gasteiger partial charge in [-0.2, -0.15) is 0 Å². The fourth-order valence-electron chi connectivity index (χ4n) is 4.05. The summed E-state index contributed by atoms with van der Waals surface area (Å²) in [5.74, 6) is 0.669. The number of nitrogens with zero attached hydrogens (tertiary/aromatic N) is 3. The van der Waals surface area contributed by atoms with Crippen molar-refractivity contribution in [2.75, 3.05) is 31.2 Å². The Morgan fingerprint density at radius 3 is 2.46 bits per heavy atom. The van der Waals surface area contributed by atoms with Crippen molar-refractivity contribution in [3.63, 3.8) is 0 Å². The normalized spacial score (nSPS) is 13.7. The number of anilines is 1. The van der Waals surface area contributed by atoms with E-state index in [0.717, 1.165) is 5.56 Å². The number of aromatic nitrogens is 1. The molecule has 7 nitrogen and oxygen atoms in total. The van der Waals surface area contributed by atoms with E-state index < -0.39 is 0 Å². The predicted molar refractivity (Wildman–Crippen MR) is 129 cm³/mol. The third-order valence-electron chi connectivity index (χ3n) is 5.84. The molecule has 2 aromatic heterocycles. The molecule has 1 saturated heterocycles. The van der Waals surface area contributed by atoms with E-state index in [1.807, 2.05) is 6.07 Å². The molecule has 1 fully saturated rings. The van der Waals surface area contributed by atoms with Crippen LogP contribution in [0.4, 0.5) is 10.3 Å². The van der Waals surface area contributed by atoms with Gasteiger partial charge in [-0.1, -0.05) is 16.8 Å². The minimum absolute atomic E-state index is 0.197. The maximum Gasteiger partial charge on any atom is 0.254 e. The largest absolute Gasteiger partial charge is 0.467 e. The molecule has 2 aromatic carbocycles. The van der Waals surface area contributed by atoms with Gasteiger partial charge in [-0.15, -0.1) is 0 Å². The second-order valence-electron chi connectivity index (χ2n) is 8.17. The number of amides is 1. The topological polar surface area (TPSA) is 72.0 Å². The fraction of sp³-hybridized carbons (Fsp3) is 0.231. The average molecular weight is 496 g/mol. The van der Waals surface area contributed by atoms with Crippen LogP contribution in [0.2, 0.25) is 5.02 Å². The highest BCUT2D eigenvalue weighted by Gasteiger charge is 2.28. The molecule has 1 amide bonds. The smallest absolute Gasteiger partial charge is 0.254 e. The van der Waals surface area contributed by atoms with E-state index in [4.69, 9.17) is 25.3 Å². The van der Waals surface area contributed by atoms with Crippen LogP contribution in [0.15, 0.2) is 75.9 Å². The quantitative estimate of drug-likeness (QED) is 0.341. The molecule has 180 valence electrons. The zero-order valence-corrected chi connectivity index (χ0v) is 19.6. The molecular weight excluding hydrogens is 473 g/mol. The number of furan rings is 1. The van der Waals surface area contributed by atoms with Crippen LogP contribution >= 0.6 is 11.6 Å². The number of carbonyl (C=O) groups is 1. The molecule has 3 heterocycles. The van der Waals surface area contributed by atoms with E-state index in [9.17, 15) is 9.18 Å². The van der Waals surface area contributed by atoms with Gasteiger partial charge < -0.3 is 23.5 Å². The Hall–Kier alpha value is -3.62. The van der Waals surface area contributed by atoms with Gasteiger partial charge in [-0.25, -0.2) is 4.39 Å². The van der Waals surface area contributed by atoms with Crippen LogP contribution < -0.4 is 4.90 Å². The summed E-state index contributed by atoms with van der Waals surface area (Å²) < 4.78 is 30.4. The first kappa shape index (κ1) is 23.1. The number of benzene rings is 2. The summed E-state index contributed by atoms with van der Waals surface area (Å²) in [6.07, 6.45) is 1.57. The van der Waals surface area contributed by atoms with Crippen LogP contribution in [0.1, 0.15) is 21.7 Å². The van der Waals surface area contributed by atoms with Crippen molar-refractivity contribution in [2.24, 2.45) is 0 Å². The predicted octanol–water partition coefficient (Wildman–Crippen LogP) is 5.41. The summed E-state index contributed by atoms with van der Waals surface area (Å²) in [5.41, 5.74) is 2.47. The van der Waals surface area contributed by atoms with Gasteiger partial charge in [-0.05, 0) is 60.7 Å². The SMILES string of the molecule is O=C(c1ccc(Cl)cc1)N(Cc1ccco1)Cc1c(-c2ccc(F)cc2)noc1N1CCOCC1. The second-order valence-corrected chi connectivity index (χ2v) is 8.61. The third-order valence-corrected chi connectivity index (χ3v) is 6.09. The lowest BCUT2D eigenvalue weighted by atomic mass is 10.1. The molecule has 0 aliphatic carbocycles. The Bertz CT molecular complexity index is 1270. The van der Waals surface area contributed by atoms with Crippen LogP contribution in [0, 0.1) is 5.82 Å². The Kier molecular flexibility index (Phi) is 6.83. The Balaban J connectivity index is 1.54. The summed E-state index contributed by atoms with van der Waals surface area (Å²) in [7, 11) is 0. The van der Waals surface area contributed by atoms with Gasteiger partial charge in [0.15, 0.2) is 0 Å². The summed E-state index contributed by atoms with van der Waals surface area (Å²) in [6, 6.07) is 16.4. The number of carbonyl (C=O) groups excluding carboxylic acids is 1. The van der Waals surface area contributed by atoms with E-state index in [0.29, 0.717) is 59.8 Å². The van der Waals surface area contributed by atoms with E-state index in [-0.39, 0.29) is 24.8 Å². The Morgan fingerprint density at radius 1 is 1.03 bits per heavy atom. The highest BCUT2D eigenvalue weighted by molar-refractivity contribution is 6.30. The molecule has 0 saturated carbocycles. The van der Waals surface area contributed by atoms with Gasteiger partial charge in [-0.3, -0.25) is 4.79 Å². The van der Waals surface area contributed by atoms with E-state index in [1.165, 1.54) is 12.1 Å². The molecular formula is C26H23ClFN3O4.